The Morgan fingerprint density at radius 1 is 0.489 bits per heavy atom. The molecule has 0 saturated carbocycles. The van der Waals surface area contributed by atoms with Crippen molar-refractivity contribution in [1.29, 1.82) is 0 Å². The van der Waals surface area contributed by atoms with Gasteiger partial charge in [-0.15, -0.1) is 0 Å². The average Bonchev–Trinajstić information content (AvgIpc) is 3.07. The molecule has 0 radical (unpaired) electrons. The van der Waals surface area contributed by atoms with Gasteiger partial charge in [-0.05, 0) is 57.8 Å². The smallest absolute Gasteiger partial charge is 0.220 e. The Labute approximate surface area is 293 Å². The summed E-state index contributed by atoms with van der Waals surface area (Å²) in [6.07, 6.45) is 51.0. The molecule has 0 heterocycles. The maximum absolute atomic E-state index is 12.3. The van der Waals surface area contributed by atoms with Gasteiger partial charge in [-0.25, -0.2) is 0 Å². The van der Waals surface area contributed by atoms with Crippen LogP contribution in [0.3, 0.4) is 0 Å². The van der Waals surface area contributed by atoms with E-state index >= 15 is 0 Å². The van der Waals surface area contributed by atoms with Crippen molar-refractivity contribution in [2.24, 2.45) is 0 Å². The summed E-state index contributed by atoms with van der Waals surface area (Å²) in [5.41, 5.74) is 0. The van der Waals surface area contributed by atoms with Gasteiger partial charge in [-0.3, -0.25) is 4.79 Å². The minimum atomic E-state index is -0.858. The zero-order chi connectivity index (χ0) is 34.3. The second kappa shape index (κ2) is 39.1. The van der Waals surface area contributed by atoms with Crippen molar-refractivity contribution in [2.45, 2.75) is 225 Å². The van der Waals surface area contributed by atoms with Crippen LogP contribution in [-0.4, -0.2) is 34.9 Å². The van der Waals surface area contributed by atoms with Crippen molar-refractivity contribution >= 4 is 5.91 Å². The van der Waals surface area contributed by atoms with Crippen molar-refractivity contribution < 1.29 is 15.0 Å². The highest BCUT2D eigenvalue weighted by molar-refractivity contribution is 5.76. The first kappa shape index (κ1) is 45.6. The molecule has 1 amide bonds. The van der Waals surface area contributed by atoms with E-state index in [4.69, 9.17) is 0 Å². The molecule has 0 aliphatic rings. The van der Waals surface area contributed by atoms with E-state index in [1.54, 1.807) is 6.08 Å². The first-order chi connectivity index (χ1) is 23.2. The number of allylic oxidation sites excluding steroid dienone is 5. The molecule has 0 saturated heterocycles. The van der Waals surface area contributed by atoms with Crippen LogP contribution in [0.5, 0.6) is 0 Å². The lowest BCUT2D eigenvalue weighted by molar-refractivity contribution is -0.123. The van der Waals surface area contributed by atoms with Gasteiger partial charge >= 0.3 is 0 Å². The van der Waals surface area contributed by atoms with Gasteiger partial charge in [0.15, 0.2) is 0 Å². The molecule has 0 aliphatic carbocycles. The molecule has 4 heteroatoms. The van der Waals surface area contributed by atoms with E-state index in [1.165, 1.54) is 161 Å². The molecule has 0 fully saturated rings. The molecule has 3 N–H and O–H groups in total. The zero-order valence-electron chi connectivity index (χ0n) is 31.5. The minimum Gasteiger partial charge on any atom is -0.394 e. The van der Waals surface area contributed by atoms with Gasteiger partial charge in [0.05, 0.1) is 18.8 Å². The molecular formula is C43H81NO3. The summed E-state index contributed by atoms with van der Waals surface area (Å²) < 4.78 is 0. The summed E-state index contributed by atoms with van der Waals surface area (Å²) in [5.74, 6) is -0.0749. The standard InChI is InChI=1S/C43H81NO3/c1-3-5-7-9-11-13-15-17-18-19-20-21-22-23-24-25-26-27-29-31-33-35-37-39-43(47)44-41(40-45)42(46)38-36-34-32-30-28-16-14-12-10-8-6-4-2/h17-18,28,30,36,38,41-42,45-46H,3-16,19-27,29,31-35,37,39-40H2,1-2H3,(H,44,47)/b18-17+,30-28+,38-36+/t41-,42+/m0/s1. The van der Waals surface area contributed by atoms with E-state index in [0.29, 0.717) is 6.42 Å². The highest BCUT2D eigenvalue weighted by atomic mass is 16.3. The zero-order valence-corrected chi connectivity index (χ0v) is 31.5. The molecule has 0 aromatic carbocycles. The molecule has 276 valence electrons. The quantitative estimate of drug-likeness (QED) is 0.0459. The van der Waals surface area contributed by atoms with Crippen molar-refractivity contribution in [1.82, 2.24) is 5.32 Å². The molecule has 0 aliphatic heterocycles. The average molecular weight is 660 g/mol. The van der Waals surface area contributed by atoms with Crippen LogP contribution in [0, 0.1) is 0 Å². The SMILES string of the molecule is CCCCCCCC/C=C/CC/C=C/[C@@H](O)[C@H](CO)NC(=O)CCCCCCCCCCCCCCC/C=C/CCCCCCCC. The molecule has 0 spiro atoms. The van der Waals surface area contributed by atoms with Gasteiger partial charge < -0.3 is 15.5 Å². The predicted octanol–water partition coefficient (Wildman–Crippen LogP) is 12.6. The highest BCUT2D eigenvalue weighted by Gasteiger charge is 2.17. The maximum atomic E-state index is 12.3. The third-order valence-corrected chi connectivity index (χ3v) is 9.35. The van der Waals surface area contributed by atoms with Crippen molar-refractivity contribution in [3.8, 4) is 0 Å². The van der Waals surface area contributed by atoms with E-state index < -0.39 is 12.1 Å². The second-order valence-corrected chi connectivity index (χ2v) is 14.0. The van der Waals surface area contributed by atoms with Crippen LogP contribution in [0.4, 0.5) is 0 Å². The number of hydrogen-bond acceptors (Lipinski definition) is 3. The number of rotatable bonds is 37. The first-order valence-corrected chi connectivity index (χ1v) is 20.7. The van der Waals surface area contributed by atoms with Gasteiger partial charge in [0.25, 0.3) is 0 Å². The molecular weight excluding hydrogens is 578 g/mol. The maximum Gasteiger partial charge on any atom is 0.220 e. The number of unbranched alkanes of at least 4 members (excludes halogenated alkanes) is 26. The predicted molar refractivity (Wildman–Crippen MR) is 207 cm³/mol. The lowest BCUT2D eigenvalue weighted by Gasteiger charge is -2.19. The molecule has 0 rings (SSSR count). The third-order valence-electron chi connectivity index (χ3n) is 9.35. The molecule has 0 bridgehead atoms. The van der Waals surface area contributed by atoms with Crippen LogP contribution in [0.1, 0.15) is 213 Å². The van der Waals surface area contributed by atoms with E-state index in [2.05, 4.69) is 43.5 Å². The summed E-state index contributed by atoms with van der Waals surface area (Å²) >= 11 is 0. The van der Waals surface area contributed by atoms with Gasteiger partial charge in [-0.1, -0.05) is 185 Å². The molecule has 47 heavy (non-hydrogen) atoms. The van der Waals surface area contributed by atoms with E-state index in [9.17, 15) is 15.0 Å². The molecule has 4 nitrogen and oxygen atoms in total. The topological polar surface area (TPSA) is 69.6 Å². The van der Waals surface area contributed by atoms with Crippen LogP contribution in [0.2, 0.25) is 0 Å². The van der Waals surface area contributed by atoms with Crippen LogP contribution in [0.15, 0.2) is 36.5 Å². The first-order valence-electron chi connectivity index (χ1n) is 20.7. The van der Waals surface area contributed by atoms with Crippen LogP contribution in [0.25, 0.3) is 0 Å². The second-order valence-electron chi connectivity index (χ2n) is 14.0. The Morgan fingerprint density at radius 2 is 0.830 bits per heavy atom. The number of nitrogens with one attached hydrogen (secondary N) is 1. The normalized spacial score (nSPS) is 13.4. The fourth-order valence-electron chi connectivity index (χ4n) is 6.13. The van der Waals surface area contributed by atoms with Crippen LogP contribution >= 0.6 is 0 Å². The summed E-state index contributed by atoms with van der Waals surface area (Å²) in [4.78, 5) is 12.3. The lowest BCUT2D eigenvalue weighted by Crippen LogP contribution is -2.45. The number of aliphatic hydroxyl groups is 2. The van der Waals surface area contributed by atoms with Gasteiger partial charge in [0, 0.05) is 6.42 Å². The molecule has 2 atom stereocenters. The van der Waals surface area contributed by atoms with Crippen molar-refractivity contribution in [3.63, 3.8) is 0 Å². The van der Waals surface area contributed by atoms with Gasteiger partial charge in [-0.2, -0.15) is 0 Å². The highest BCUT2D eigenvalue weighted by Crippen LogP contribution is 2.14. The van der Waals surface area contributed by atoms with E-state index in [0.717, 1.165) is 32.1 Å². The minimum absolute atomic E-state index is 0.0749. The van der Waals surface area contributed by atoms with E-state index in [-0.39, 0.29) is 12.5 Å². The van der Waals surface area contributed by atoms with Crippen LogP contribution < -0.4 is 5.32 Å². The number of aliphatic hydroxyl groups excluding tert-OH is 2. The fourth-order valence-corrected chi connectivity index (χ4v) is 6.13. The Balaban J connectivity index is 3.55. The largest absolute Gasteiger partial charge is 0.394 e. The number of amides is 1. The Hall–Kier alpha value is -1.39. The Morgan fingerprint density at radius 3 is 1.23 bits per heavy atom. The monoisotopic (exact) mass is 660 g/mol. The van der Waals surface area contributed by atoms with Gasteiger partial charge in [0.1, 0.15) is 0 Å². The third kappa shape index (κ3) is 35.7. The molecule has 0 aromatic heterocycles. The van der Waals surface area contributed by atoms with Gasteiger partial charge in [0.2, 0.25) is 5.91 Å². The van der Waals surface area contributed by atoms with Crippen molar-refractivity contribution in [2.75, 3.05) is 6.61 Å². The van der Waals surface area contributed by atoms with Crippen LogP contribution in [-0.2, 0) is 4.79 Å². The summed E-state index contributed by atoms with van der Waals surface area (Å²) in [6.45, 7) is 4.27. The lowest BCUT2D eigenvalue weighted by atomic mass is 10.0. The number of carbonyl (C=O) groups is 1. The number of carbonyl (C=O) groups excluding carboxylic acids is 1. The summed E-state index contributed by atoms with van der Waals surface area (Å²) in [6, 6.07) is -0.635. The van der Waals surface area contributed by atoms with E-state index in [1.807, 2.05) is 6.08 Å². The Kier molecular flexibility index (Phi) is 37.9. The molecule has 0 unspecified atom stereocenters. The fraction of sp³-hybridized carbons (Fsp3) is 0.837. The number of hydrogen-bond donors (Lipinski definition) is 3. The van der Waals surface area contributed by atoms with Crippen molar-refractivity contribution in [3.05, 3.63) is 36.5 Å². The summed E-state index contributed by atoms with van der Waals surface area (Å²) in [5, 5.41) is 22.9. The molecule has 0 aromatic rings. The Bertz CT molecular complexity index is 716. The summed E-state index contributed by atoms with van der Waals surface area (Å²) in [7, 11) is 0.